The number of carbonyl (C=O) groups is 1. The van der Waals surface area contributed by atoms with Gasteiger partial charge in [0.2, 0.25) is 20.9 Å². The van der Waals surface area contributed by atoms with Gasteiger partial charge >= 0.3 is 0 Å². The van der Waals surface area contributed by atoms with Gasteiger partial charge in [0.1, 0.15) is 12.4 Å². The predicted octanol–water partition coefficient (Wildman–Crippen LogP) is 3.23. The molecule has 1 aromatic heterocycles. The van der Waals surface area contributed by atoms with Crippen LogP contribution < -0.4 is 10.1 Å². The third-order valence-electron chi connectivity index (χ3n) is 5.10. The Bertz CT molecular complexity index is 1210. The standard InChI is InChI=1S/C22H23N3O4S/c1-15-3-4-16(2)20(13-15)25-10-9-23-22(25)30(27,28)12-11-29-18-6-7-19-17(14-18)5-8-21(26)24-19/h3-4,6-7,9-10,13-14H,5,8,11-12H2,1-2H3,(H,24,26). The first-order valence-corrected chi connectivity index (χ1v) is 11.4. The zero-order valence-electron chi connectivity index (χ0n) is 16.9. The Labute approximate surface area is 175 Å². The van der Waals surface area contributed by atoms with E-state index in [0.717, 1.165) is 28.1 Å². The van der Waals surface area contributed by atoms with E-state index < -0.39 is 9.84 Å². The zero-order valence-corrected chi connectivity index (χ0v) is 17.7. The molecule has 1 aliphatic rings. The summed E-state index contributed by atoms with van der Waals surface area (Å²) in [6.45, 7) is 3.91. The number of nitrogens with zero attached hydrogens (tertiary/aromatic N) is 2. The first-order valence-electron chi connectivity index (χ1n) is 9.73. The molecule has 4 rings (SSSR count). The highest BCUT2D eigenvalue weighted by molar-refractivity contribution is 7.91. The molecule has 1 amide bonds. The van der Waals surface area contributed by atoms with Crippen LogP contribution in [0.4, 0.5) is 5.69 Å². The van der Waals surface area contributed by atoms with Crippen LogP contribution in [0.15, 0.2) is 53.9 Å². The quantitative estimate of drug-likeness (QED) is 0.655. The van der Waals surface area contributed by atoms with Crippen molar-refractivity contribution in [3.05, 3.63) is 65.5 Å². The molecule has 0 saturated heterocycles. The Morgan fingerprint density at radius 1 is 1.13 bits per heavy atom. The topological polar surface area (TPSA) is 90.3 Å². The van der Waals surface area contributed by atoms with E-state index in [1.807, 2.05) is 38.1 Å². The van der Waals surface area contributed by atoms with Crippen molar-refractivity contribution < 1.29 is 17.9 Å². The summed E-state index contributed by atoms with van der Waals surface area (Å²) in [7, 11) is -3.65. The summed E-state index contributed by atoms with van der Waals surface area (Å²) in [4.78, 5) is 15.6. The van der Waals surface area contributed by atoms with Gasteiger partial charge in [0.15, 0.2) is 0 Å². The molecular weight excluding hydrogens is 402 g/mol. The Morgan fingerprint density at radius 3 is 2.80 bits per heavy atom. The van der Waals surface area contributed by atoms with Gasteiger partial charge in [0, 0.05) is 24.5 Å². The molecule has 8 heteroatoms. The summed E-state index contributed by atoms with van der Waals surface area (Å²) in [5.74, 6) is 0.391. The average molecular weight is 426 g/mol. The van der Waals surface area contributed by atoms with Crippen LogP contribution in [0.25, 0.3) is 5.69 Å². The van der Waals surface area contributed by atoms with Crippen LogP contribution in [-0.2, 0) is 21.1 Å². The maximum Gasteiger partial charge on any atom is 0.232 e. The normalized spacial score (nSPS) is 13.6. The SMILES string of the molecule is Cc1ccc(C)c(-n2ccnc2S(=O)(=O)CCOc2ccc3c(c2)CCC(=O)N3)c1. The minimum absolute atomic E-state index is 0.00149. The number of nitrogens with one attached hydrogen (secondary N) is 1. The number of carbonyl (C=O) groups excluding carboxylic acids is 1. The average Bonchev–Trinajstić information content (AvgIpc) is 3.20. The molecule has 0 fully saturated rings. The monoisotopic (exact) mass is 425 g/mol. The Kier molecular flexibility index (Phi) is 5.34. The van der Waals surface area contributed by atoms with Crippen molar-refractivity contribution in [3.8, 4) is 11.4 Å². The molecule has 2 heterocycles. The van der Waals surface area contributed by atoms with Crippen molar-refractivity contribution in [2.45, 2.75) is 31.8 Å². The van der Waals surface area contributed by atoms with Gasteiger partial charge in [0.05, 0.1) is 11.4 Å². The van der Waals surface area contributed by atoms with Crippen LogP contribution in [0.3, 0.4) is 0 Å². The second-order valence-corrected chi connectivity index (χ2v) is 9.41. The lowest BCUT2D eigenvalue weighted by Crippen LogP contribution is -2.20. The first kappa shape index (κ1) is 20.2. The molecule has 1 N–H and O–H groups in total. The van der Waals surface area contributed by atoms with Crippen molar-refractivity contribution in [1.29, 1.82) is 0 Å². The fourth-order valence-electron chi connectivity index (χ4n) is 3.49. The number of hydrogen-bond donors (Lipinski definition) is 1. The summed E-state index contributed by atoms with van der Waals surface area (Å²) >= 11 is 0. The van der Waals surface area contributed by atoms with E-state index in [2.05, 4.69) is 10.3 Å². The third kappa shape index (κ3) is 4.09. The summed E-state index contributed by atoms with van der Waals surface area (Å²) in [5, 5.41) is 2.82. The Morgan fingerprint density at radius 2 is 1.97 bits per heavy atom. The number of hydrogen-bond acceptors (Lipinski definition) is 5. The molecule has 0 bridgehead atoms. The maximum atomic E-state index is 12.9. The van der Waals surface area contributed by atoms with Crippen molar-refractivity contribution >= 4 is 21.4 Å². The van der Waals surface area contributed by atoms with Gasteiger partial charge in [-0.15, -0.1) is 0 Å². The van der Waals surface area contributed by atoms with E-state index in [1.54, 1.807) is 22.9 Å². The molecule has 0 radical (unpaired) electrons. The predicted molar refractivity (Wildman–Crippen MR) is 114 cm³/mol. The molecule has 0 aliphatic carbocycles. The highest BCUT2D eigenvalue weighted by atomic mass is 32.2. The number of rotatable bonds is 6. The van der Waals surface area contributed by atoms with Crippen molar-refractivity contribution in [1.82, 2.24) is 9.55 Å². The molecule has 3 aromatic rings. The van der Waals surface area contributed by atoms with Crippen LogP contribution in [0.2, 0.25) is 0 Å². The van der Waals surface area contributed by atoms with E-state index >= 15 is 0 Å². The van der Waals surface area contributed by atoms with E-state index in [9.17, 15) is 13.2 Å². The fourth-order valence-corrected chi connectivity index (χ4v) is 4.66. The van der Waals surface area contributed by atoms with E-state index in [-0.39, 0.29) is 23.4 Å². The second-order valence-electron chi connectivity index (χ2n) is 7.40. The van der Waals surface area contributed by atoms with Crippen LogP contribution in [-0.4, -0.2) is 36.2 Å². The van der Waals surface area contributed by atoms with Gasteiger partial charge in [-0.05, 0) is 61.2 Å². The number of ether oxygens (including phenoxy) is 1. The van der Waals surface area contributed by atoms with Crippen molar-refractivity contribution in [2.75, 3.05) is 17.7 Å². The molecule has 2 aromatic carbocycles. The lowest BCUT2D eigenvalue weighted by atomic mass is 10.0. The minimum Gasteiger partial charge on any atom is -0.493 e. The molecular formula is C22H23N3O4S. The lowest BCUT2D eigenvalue weighted by molar-refractivity contribution is -0.116. The van der Waals surface area contributed by atoms with E-state index in [1.165, 1.54) is 6.20 Å². The molecule has 7 nitrogen and oxygen atoms in total. The van der Waals surface area contributed by atoms with Crippen LogP contribution in [0, 0.1) is 13.8 Å². The number of amides is 1. The summed E-state index contributed by atoms with van der Waals surface area (Å²) in [6.07, 6.45) is 4.23. The van der Waals surface area contributed by atoms with Crippen LogP contribution in [0.5, 0.6) is 5.75 Å². The van der Waals surface area contributed by atoms with Crippen LogP contribution in [0.1, 0.15) is 23.1 Å². The van der Waals surface area contributed by atoms with Gasteiger partial charge in [0.25, 0.3) is 0 Å². The van der Waals surface area contributed by atoms with Gasteiger partial charge < -0.3 is 10.1 Å². The zero-order chi connectivity index (χ0) is 21.3. The number of imidazole rings is 1. The Balaban J connectivity index is 1.48. The van der Waals surface area contributed by atoms with Gasteiger partial charge in [-0.3, -0.25) is 9.36 Å². The number of sulfone groups is 1. The molecule has 156 valence electrons. The molecule has 1 aliphatic heterocycles. The highest BCUT2D eigenvalue weighted by Gasteiger charge is 2.22. The van der Waals surface area contributed by atoms with Crippen molar-refractivity contribution in [2.24, 2.45) is 0 Å². The fraction of sp³-hybridized carbons (Fsp3) is 0.273. The number of anilines is 1. The van der Waals surface area contributed by atoms with Gasteiger partial charge in [-0.2, -0.15) is 0 Å². The number of fused-ring (bicyclic) bond motifs is 1. The molecule has 30 heavy (non-hydrogen) atoms. The summed E-state index contributed by atoms with van der Waals surface area (Å²) < 4.78 is 33.2. The second kappa shape index (κ2) is 7.95. The molecule has 0 saturated carbocycles. The van der Waals surface area contributed by atoms with Gasteiger partial charge in [-0.1, -0.05) is 12.1 Å². The number of aryl methyl sites for hydroxylation is 3. The molecule has 0 atom stereocenters. The molecule has 0 spiro atoms. The summed E-state index contributed by atoms with van der Waals surface area (Å²) in [5.41, 5.74) is 4.57. The largest absolute Gasteiger partial charge is 0.493 e. The first-order chi connectivity index (χ1) is 14.3. The summed E-state index contributed by atoms with van der Waals surface area (Å²) in [6, 6.07) is 11.2. The van der Waals surface area contributed by atoms with Gasteiger partial charge in [-0.25, -0.2) is 13.4 Å². The number of benzene rings is 2. The van der Waals surface area contributed by atoms with E-state index in [4.69, 9.17) is 4.74 Å². The lowest BCUT2D eigenvalue weighted by Gasteiger charge is -2.17. The smallest absolute Gasteiger partial charge is 0.232 e. The highest BCUT2D eigenvalue weighted by Crippen LogP contribution is 2.27. The number of aromatic nitrogens is 2. The van der Waals surface area contributed by atoms with Crippen molar-refractivity contribution in [3.63, 3.8) is 0 Å². The van der Waals surface area contributed by atoms with E-state index in [0.29, 0.717) is 18.6 Å². The van der Waals surface area contributed by atoms with Crippen LogP contribution >= 0.6 is 0 Å². The molecule has 0 unspecified atom stereocenters. The maximum absolute atomic E-state index is 12.9. The third-order valence-corrected chi connectivity index (χ3v) is 6.66. The Hall–Kier alpha value is -3.13. The minimum atomic E-state index is -3.65.